The molecule has 8 nitrogen and oxygen atoms in total. The number of halogens is 1. The Morgan fingerprint density at radius 1 is 1.15 bits per heavy atom. The second kappa shape index (κ2) is 14.8. The molecule has 0 unspecified atom stereocenters. The zero-order valence-electron chi connectivity index (χ0n) is 24.2. The molecule has 41 heavy (non-hydrogen) atoms. The van der Waals surface area contributed by atoms with E-state index in [9.17, 15) is 19.5 Å². The first-order valence-electron chi connectivity index (χ1n) is 13.8. The molecule has 1 heterocycles. The molecule has 3 rings (SSSR count). The molecule has 0 saturated heterocycles. The number of nitrogens with one attached hydrogen (secondary N) is 1. The van der Waals surface area contributed by atoms with Gasteiger partial charge in [-0.25, -0.2) is 9.18 Å². The molecule has 220 valence electrons. The molecule has 0 bridgehead atoms. The highest BCUT2D eigenvalue weighted by molar-refractivity contribution is 8.14. The maximum absolute atomic E-state index is 15.5. The van der Waals surface area contributed by atoms with E-state index in [-0.39, 0.29) is 35.6 Å². The summed E-state index contributed by atoms with van der Waals surface area (Å²) in [5, 5.41) is 11.9. The monoisotopic (exact) mass is 583 g/mol. The number of nitrogens with zero attached hydrogens (tertiary/aromatic N) is 2. The van der Waals surface area contributed by atoms with Gasteiger partial charge in [0.15, 0.2) is 5.12 Å². The minimum absolute atomic E-state index is 0.0915. The second-order valence-electron chi connectivity index (χ2n) is 10.2. The minimum Gasteiger partial charge on any atom is -0.478 e. The predicted molar refractivity (Wildman–Crippen MR) is 159 cm³/mol. The zero-order chi connectivity index (χ0) is 30.1. The van der Waals surface area contributed by atoms with Gasteiger partial charge in [-0.15, -0.1) is 0 Å². The average molecular weight is 584 g/mol. The summed E-state index contributed by atoms with van der Waals surface area (Å²) in [7, 11) is 0. The number of carbonyl (C=O) groups excluding carboxylic acids is 2. The highest BCUT2D eigenvalue weighted by Crippen LogP contribution is 2.28. The maximum Gasteiger partial charge on any atom is 0.336 e. The molecule has 0 aliphatic rings. The molecular formula is C31H38FN3O5S. The van der Waals surface area contributed by atoms with Crippen LogP contribution in [0.25, 0.3) is 11.1 Å². The summed E-state index contributed by atoms with van der Waals surface area (Å²) in [5.41, 5.74) is 2.76. The maximum atomic E-state index is 15.5. The van der Waals surface area contributed by atoms with Gasteiger partial charge in [0.05, 0.1) is 41.9 Å². The summed E-state index contributed by atoms with van der Waals surface area (Å²) >= 11 is 1.02. The van der Waals surface area contributed by atoms with Crippen molar-refractivity contribution in [2.75, 3.05) is 6.61 Å². The van der Waals surface area contributed by atoms with Crippen molar-refractivity contribution in [1.82, 2.24) is 14.9 Å². The van der Waals surface area contributed by atoms with E-state index in [1.165, 1.54) is 19.1 Å². The third kappa shape index (κ3) is 8.42. The Kier molecular flexibility index (Phi) is 11.5. The number of aromatic nitrogens is 2. The van der Waals surface area contributed by atoms with E-state index in [0.29, 0.717) is 47.8 Å². The van der Waals surface area contributed by atoms with Gasteiger partial charge < -0.3 is 15.2 Å². The molecule has 2 N–H and O–H groups in total. The molecule has 1 atom stereocenters. The molecule has 1 amide bonds. The molecule has 0 aliphatic carbocycles. The van der Waals surface area contributed by atoms with Crippen LogP contribution in [0.4, 0.5) is 4.39 Å². The van der Waals surface area contributed by atoms with Crippen LogP contribution in [0.2, 0.25) is 0 Å². The summed E-state index contributed by atoms with van der Waals surface area (Å²) in [5.74, 6) is -1.59. The van der Waals surface area contributed by atoms with E-state index in [1.54, 1.807) is 34.9 Å². The molecule has 10 heteroatoms. The van der Waals surface area contributed by atoms with E-state index < -0.39 is 17.0 Å². The van der Waals surface area contributed by atoms with Crippen molar-refractivity contribution in [3.05, 3.63) is 70.8 Å². The largest absolute Gasteiger partial charge is 0.478 e. The SMILES string of the molecule is CCCOc1nc(CC)c(CNC(=O)[C@H](CC(C)C)SC(C)=O)n1Cc1ccc(-c2ccccc2C(=O)O)cc1F. The quantitative estimate of drug-likeness (QED) is 0.236. The Morgan fingerprint density at radius 2 is 1.88 bits per heavy atom. The summed E-state index contributed by atoms with van der Waals surface area (Å²) in [6, 6.07) is 11.5. The third-order valence-electron chi connectivity index (χ3n) is 6.46. The predicted octanol–water partition coefficient (Wildman–Crippen LogP) is 6.10. The number of rotatable bonds is 14. The number of amides is 1. The third-order valence-corrected chi connectivity index (χ3v) is 7.48. The van der Waals surface area contributed by atoms with Gasteiger partial charge in [-0.05, 0) is 48.4 Å². The average Bonchev–Trinajstić information content (AvgIpc) is 3.26. The Bertz CT molecular complexity index is 1390. The van der Waals surface area contributed by atoms with Gasteiger partial charge >= 0.3 is 5.97 Å². The number of ether oxygens (including phenoxy) is 1. The molecule has 0 fully saturated rings. The zero-order valence-corrected chi connectivity index (χ0v) is 25.0. The van der Waals surface area contributed by atoms with Gasteiger partial charge in [-0.2, -0.15) is 4.98 Å². The van der Waals surface area contributed by atoms with Crippen LogP contribution >= 0.6 is 11.8 Å². The van der Waals surface area contributed by atoms with Crippen molar-refractivity contribution in [2.45, 2.75) is 72.2 Å². The Labute approximate surface area is 244 Å². The summed E-state index contributed by atoms with van der Waals surface area (Å²) in [6.45, 7) is 10.0. The van der Waals surface area contributed by atoms with E-state index >= 15 is 4.39 Å². The summed E-state index contributed by atoms with van der Waals surface area (Å²) in [4.78, 5) is 41.2. The van der Waals surface area contributed by atoms with Crippen molar-refractivity contribution in [3.63, 3.8) is 0 Å². The number of imidazole rings is 1. The van der Waals surface area contributed by atoms with Gasteiger partial charge in [0, 0.05) is 12.5 Å². The highest BCUT2D eigenvalue weighted by Gasteiger charge is 2.25. The van der Waals surface area contributed by atoms with Crippen molar-refractivity contribution in [3.8, 4) is 17.1 Å². The molecule has 0 saturated carbocycles. The smallest absolute Gasteiger partial charge is 0.336 e. The number of aryl methyl sites for hydroxylation is 1. The molecule has 2 aromatic carbocycles. The fourth-order valence-corrected chi connectivity index (χ4v) is 5.59. The van der Waals surface area contributed by atoms with Crippen LogP contribution in [-0.4, -0.2) is 43.5 Å². The number of carboxylic acids is 1. The normalized spacial score (nSPS) is 11.9. The van der Waals surface area contributed by atoms with Gasteiger partial charge in [0.1, 0.15) is 5.82 Å². The molecule has 0 aliphatic heterocycles. The van der Waals surface area contributed by atoms with E-state index in [4.69, 9.17) is 4.74 Å². The Hall–Kier alpha value is -3.66. The van der Waals surface area contributed by atoms with Crippen LogP contribution in [0.5, 0.6) is 6.01 Å². The summed E-state index contributed by atoms with van der Waals surface area (Å²) in [6.07, 6.45) is 1.89. The first-order valence-corrected chi connectivity index (χ1v) is 14.7. The molecule has 3 aromatic rings. The summed E-state index contributed by atoms with van der Waals surface area (Å²) < 4.78 is 23.2. The standard InChI is InChI=1S/C31H38FN3O5S/c1-6-14-40-31-34-26(7-2)27(17-33-29(37)28(15-19(3)4)41-20(5)36)35(31)18-22-13-12-21(16-25(22)32)23-10-8-9-11-24(23)30(38)39/h8-13,16,19,28H,6-7,14-15,17-18H2,1-5H3,(H,33,37)(H,38,39)/t28-/m0/s1. The first kappa shape index (κ1) is 31.9. The molecule has 0 radical (unpaired) electrons. The lowest BCUT2D eigenvalue weighted by Crippen LogP contribution is -2.34. The van der Waals surface area contributed by atoms with Crippen LogP contribution in [-0.2, 0) is 29.1 Å². The molecule has 0 spiro atoms. The van der Waals surface area contributed by atoms with Crippen molar-refractivity contribution < 1.29 is 28.6 Å². The number of carboxylic acid groups (broad SMARTS) is 1. The topological polar surface area (TPSA) is 111 Å². The number of hydrogen-bond acceptors (Lipinski definition) is 6. The number of benzene rings is 2. The number of aromatic carboxylic acids is 1. The highest BCUT2D eigenvalue weighted by atomic mass is 32.2. The second-order valence-corrected chi connectivity index (χ2v) is 11.6. The van der Waals surface area contributed by atoms with Crippen LogP contribution in [0.1, 0.15) is 74.8 Å². The van der Waals surface area contributed by atoms with Crippen molar-refractivity contribution in [1.29, 1.82) is 0 Å². The number of hydrogen-bond donors (Lipinski definition) is 2. The lowest BCUT2D eigenvalue weighted by Gasteiger charge is -2.18. The fourth-order valence-electron chi connectivity index (χ4n) is 4.52. The van der Waals surface area contributed by atoms with Crippen molar-refractivity contribution >= 4 is 28.8 Å². The van der Waals surface area contributed by atoms with Gasteiger partial charge in [-0.3, -0.25) is 14.2 Å². The Morgan fingerprint density at radius 3 is 2.49 bits per heavy atom. The number of carbonyl (C=O) groups is 3. The van der Waals surface area contributed by atoms with Gasteiger partial charge in [0.2, 0.25) is 5.91 Å². The minimum atomic E-state index is -1.09. The molecule has 1 aromatic heterocycles. The van der Waals surface area contributed by atoms with Crippen LogP contribution < -0.4 is 10.1 Å². The lowest BCUT2D eigenvalue weighted by molar-refractivity contribution is -0.121. The van der Waals surface area contributed by atoms with E-state index in [1.807, 2.05) is 27.7 Å². The van der Waals surface area contributed by atoms with E-state index in [2.05, 4.69) is 10.3 Å². The Balaban J connectivity index is 1.94. The number of thioether (sulfide) groups is 1. The molecular weight excluding hydrogens is 545 g/mol. The van der Waals surface area contributed by atoms with Crippen LogP contribution in [0, 0.1) is 11.7 Å². The van der Waals surface area contributed by atoms with E-state index in [0.717, 1.165) is 23.9 Å². The first-order chi connectivity index (χ1) is 19.5. The van der Waals surface area contributed by atoms with Crippen LogP contribution in [0.3, 0.4) is 0 Å². The van der Waals surface area contributed by atoms with Crippen LogP contribution in [0.15, 0.2) is 42.5 Å². The van der Waals surface area contributed by atoms with Crippen molar-refractivity contribution in [2.24, 2.45) is 5.92 Å². The fraction of sp³-hybridized carbons (Fsp3) is 0.419. The van der Waals surface area contributed by atoms with Gasteiger partial charge in [0.25, 0.3) is 6.01 Å². The van der Waals surface area contributed by atoms with Gasteiger partial charge in [-0.1, -0.05) is 69.8 Å². The lowest BCUT2D eigenvalue weighted by atomic mass is 9.98.